The van der Waals surface area contributed by atoms with Crippen LogP contribution in [-0.4, -0.2) is 64.6 Å². The molecule has 1 unspecified atom stereocenters. The van der Waals surface area contributed by atoms with E-state index in [4.69, 9.17) is 9.47 Å². The molecule has 0 fully saturated rings. The lowest BCUT2D eigenvalue weighted by atomic mass is 9.91. The molecule has 1 aromatic carbocycles. The van der Waals surface area contributed by atoms with Crippen molar-refractivity contribution in [3.8, 4) is 0 Å². The van der Waals surface area contributed by atoms with E-state index in [-0.39, 0.29) is 4.90 Å². The van der Waals surface area contributed by atoms with E-state index in [1.807, 2.05) is 0 Å². The molecular formula is C23H31F2N3O8S. The van der Waals surface area contributed by atoms with E-state index in [9.17, 15) is 36.9 Å². The Morgan fingerprint density at radius 2 is 1.59 bits per heavy atom. The summed E-state index contributed by atoms with van der Waals surface area (Å²) in [6.45, 7) is 9.60. The number of ether oxygens (including phenoxy) is 2. The Kier molecular flexibility index (Phi) is 7.81. The summed E-state index contributed by atoms with van der Waals surface area (Å²) in [5.41, 5.74) is -6.23. The fourth-order valence-electron chi connectivity index (χ4n) is 3.45. The van der Waals surface area contributed by atoms with Crippen LogP contribution in [0.3, 0.4) is 0 Å². The topological polar surface area (TPSA) is 145 Å². The lowest BCUT2D eigenvalue weighted by Gasteiger charge is -2.42. The minimum Gasteiger partial charge on any atom is -0.443 e. The van der Waals surface area contributed by atoms with Gasteiger partial charge in [0.2, 0.25) is 0 Å². The zero-order chi connectivity index (χ0) is 28.8. The lowest BCUT2D eigenvalue weighted by molar-refractivity contribution is -0.385. The van der Waals surface area contributed by atoms with Crippen molar-refractivity contribution >= 4 is 33.5 Å². The normalized spacial score (nSPS) is 21.0. The number of carbonyl (C=O) groups excluding carboxylic acids is 2. The zero-order valence-corrected chi connectivity index (χ0v) is 22.7. The first kappa shape index (κ1) is 30.1. The van der Waals surface area contributed by atoms with Crippen molar-refractivity contribution in [1.29, 1.82) is 0 Å². The van der Waals surface area contributed by atoms with Gasteiger partial charge < -0.3 is 9.47 Å². The monoisotopic (exact) mass is 547 g/mol. The summed E-state index contributed by atoms with van der Waals surface area (Å²) in [6, 6.07) is 2.19. The van der Waals surface area contributed by atoms with Gasteiger partial charge in [-0.2, -0.15) is 4.90 Å². The Morgan fingerprint density at radius 3 is 2.00 bits per heavy atom. The molecule has 1 atom stereocenters. The second kappa shape index (κ2) is 9.62. The first-order valence-electron chi connectivity index (χ1n) is 11.2. The fourth-order valence-corrected chi connectivity index (χ4v) is 5.15. The van der Waals surface area contributed by atoms with Crippen molar-refractivity contribution in [2.45, 2.75) is 76.9 Å². The van der Waals surface area contributed by atoms with Gasteiger partial charge in [0, 0.05) is 17.7 Å². The molecule has 1 heterocycles. The lowest BCUT2D eigenvalue weighted by Crippen LogP contribution is -2.62. The molecule has 206 valence electrons. The number of hydrogen-bond donors (Lipinski definition) is 0. The SMILES string of the molecule is CC(C)(C)OC(=O)N(C(=O)OC(C)(C)C)C1=NC(CF)(c2cc([N+](=O)[O-])ccc2F)CS(=O)(=O)C1(C)C. The van der Waals surface area contributed by atoms with Gasteiger partial charge >= 0.3 is 12.2 Å². The number of alkyl halides is 1. The number of benzene rings is 1. The average molecular weight is 548 g/mol. The Bertz CT molecular complexity index is 1220. The van der Waals surface area contributed by atoms with Gasteiger partial charge in [-0.05, 0) is 61.5 Å². The molecule has 11 nitrogen and oxygen atoms in total. The maximum Gasteiger partial charge on any atom is 0.425 e. The number of hydrogen-bond acceptors (Lipinski definition) is 9. The highest BCUT2D eigenvalue weighted by atomic mass is 32.2. The predicted molar refractivity (Wildman–Crippen MR) is 130 cm³/mol. The fraction of sp³-hybridized carbons (Fsp3) is 0.609. The molecule has 2 amide bonds. The molecule has 14 heteroatoms. The van der Waals surface area contributed by atoms with Gasteiger partial charge in [-0.1, -0.05) is 0 Å². The third-order valence-electron chi connectivity index (χ3n) is 5.31. The van der Waals surface area contributed by atoms with Crippen molar-refractivity contribution < 1.29 is 41.2 Å². The molecule has 0 aromatic heterocycles. The number of nitrogens with zero attached hydrogens (tertiary/aromatic N) is 3. The smallest absolute Gasteiger partial charge is 0.425 e. The van der Waals surface area contributed by atoms with Gasteiger partial charge in [-0.15, -0.1) is 0 Å². The summed E-state index contributed by atoms with van der Waals surface area (Å²) in [5, 5.41) is 11.3. The molecule has 37 heavy (non-hydrogen) atoms. The van der Waals surface area contributed by atoms with E-state index in [0.29, 0.717) is 12.1 Å². The third-order valence-corrected chi connectivity index (χ3v) is 7.91. The van der Waals surface area contributed by atoms with Crippen LogP contribution >= 0.6 is 0 Å². The summed E-state index contributed by atoms with van der Waals surface area (Å²) >= 11 is 0. The molecule has 1 aliphatic heterocycles. The molecule has 0 bridgehead atoms. The minimum atomic E-state index is -4.49. The van der Waals surface area contributed by atoms with Gasteiger partial charge in [0.05, 0.1) is 10.7 Å². The second-order valence-electron chi connectivity index (χ2n) is 11.1. The van der Waals surface area contributed by atoms with E-state index in [1.54, 1.807) is 0 Å². The second-order valence-corrected chi connectivity index (χ2v) is 13.6. The van der Waals surface area contributed by atoms with Crippen molar-refractivity contribution in [3.63, 3.8) is 0 Å². The van der Waals surface area contributed by atoms with Gasteiger partial charge in [0.15, 0.2) is 9.84 Å². The molecule has 1 aliphatic rings. The number of rotatable bonds is 3. The van der Waals surface area contributed by atoms with Gasteiger partial charge in [0.1, 0.15) is 39.8 Å². The summed E-state index contributed by atoms with van der Waals surface area (Å²) in [6.07, 6.45) is -2.73. The molecule has 0 radical (unpaired) electrons. The third kappa shape index (κ3) is 6.22. The number of halogens is 2. The maximum atomic E-state index is 14.9. The van der Waals surface area contributed by atoms with Gasteiger partial charge in [-0.3, -0.25) is 15.1 Å². The Morgan fingerprint density at radius 1 is 1.11 bits per heavy atom. The first-order chi connectivity index (χ1) is 16.6. The van der Waals surface area contributed by atoms with Crippen molar-refractivity contribution in [1.82, 2.24) is 4.90 Å². The Hall–Kier alpha value is -3.16. The quantitative estimate of drug-likeness (QED) is 0.392. The summed E-state index contributed by atoms with van der Waals surface area (Å²) in [5.74, 6) is -3.05. The number of amides is 2. The zero-order valence-electron chi connectivity index (χ0n) is 21.9. The number of aliphatic imine (C=N–C) groups is 1. The molecule has 0 saturated heterocycles. The number of imide groups is 1. The van der Waals surface area contributed by atoms with E-state index in [2.05, 4.69) is 4.99 Å². The maximum absolute atomic E-state index is 14.9. The molecule has 0 N–H and O–H groups in total. The molecule has 0 aliphatic carbocycles. The van der Waals surface area contributed by atoms with Crippen LogP contribution in [0.2, 0.25) is 0 Å². The number of non-ortho nitro benzene ring substituents is 1. The van der Waals surface area contributed by atoms with Crippen LogP contribution in [0.1, 0.15) is 61.0 Å². The van der Waals surface area contributed by atoms with Crippen LogP contribution in [-0.2, 0) is 24.8 Å². The number of nitro benzene ring substituents is 1. The number of amidine groups is 1. The Labute approximate surface area is 213 Å². The summed E-state index contributed by atoms with van der Waals surface area (Å²) in [4.78, 5) is 41.2. The minimum absolute atomic E-state index is 0.243. The highest BCUT2D eigenvalue weighted by Gasteiger charge is 2.57. The number of sulfone groups is 1. The number of nitro groups is 1. The van der Waals surface area contributed by atoms with Crippen LogP contribution in [0.25, 0.3) is 0 Å². The first-order valence-corrected chi connectivity index (χ1v) is 12.8. The van der Waals surface area contributed by atoms with Gasteiger partial charge in [0.25, 0.3) is 5.69 Å². The van der Waals surface area contributed by atoms with E-state index < -0.39 is 83.8 Å². The highest BCUT2D eigenvalue weighted by molar-refractivity contribution is 7.93. The highest BCUT2D eigenvalue weighted by Crippen LogP contribution is 2.41. The van der Waals surface area contributed by atoms with Crippen molar-refractivity contribution in [2.75, 3.05) is 12.4 Å². The predicted octanol–water partition coefficient (Wildman–Crippen LogP) is 4.68. The van der Waals surface area contributed by atoms with Crippen LogP contribution in [0.5, 0.6) is 0 Å². The van der Waals surface area contributed by atoms with Crippen molar-refractivity contribution in [3.05, 3.63) is 39.7 Å². The summed E-state index contributed by atoms with van der Waals surface area (Å²) in [7, 11) is -4.49. The summed E-state index contributed by atoms with van der Waals surface area (Å²) < 4.78 is 65.1. The number of carbonyl (C=O) groups is 2. The van der Waals surface area contributed by atoms with Crippen molar-refractivity contribution in [2.24, 2.45) is 4.99 Å². The van der Waals surface area contributed by atoms with E-state index in [1.165, 1.54) is 41.5 Å². The van der Waals surface area contributed by atoms with Crippen LogP contribution in [0.4, 0.5) is 24.1 Å². The van der Waals surface area contributed by atoms with E-state index >= 15 is 0 Å². The largest absolute Gasteiger partial charge is 0.443 e. The molecular weight excluding hydrogens is 516 g/mol. The molecule has 2 rings (SSSR count). The van der Waals surface area contributed by atoms with Crippen LogP contribution in [0.15, 0.2) is 23.2 Å². The Balaban J connectivity index is 2.94. The average Bonchev–Trinajstić information content (AvgIpc) is 2.68. The molecule has 0 spiro atoms. The standard InChI is InChI=1S/C23H31F2N3O8S/c1-20(2,3)35-18(29)27(19(30)36-21(4,5)6)17-22(7,8)37(33,34)13-23(12-24,26-17)15-11-14(28(31)32)9-10-16(15)25/h9-11H,12-13H2,1-8H3. The van der Waals surface area contributed by atoms with Crippen LogP contribution in [0, 0.1) is 15.9 Å². The van der Waals surface area contributed by atoms with Gasteiger partial charge in [-0.25, -0.2) is 26.8 Å². The van der Waals surface area contributed by atoms with Crippen LogP contribution < -0.4 is 0 Å². The van der Waals surface area contributed by atoms with E-state index in [0.717, 1.165) is 19.9 Å². The molecule has 1 aromatic rings. The molecule has 0 saturated carbocycles.